The smallest absolute Gasteiger partial charge is 0.363 e. The van der Waals surface area contributed by atoms with E-state index in [0.717, 1.165) is 69.0 Å². The number of ether oxygens (including phenoxy) is 1. The average Bonchev–Trinajstić information content (AvgIpc) is 3.23. The number of hydrogen-bond acceptors (Lipinski definition) is 10. The second-order valence-corrected chi connectivity index (χ2v) is 11.3. The first-order valence-corrected chi connectivity index (χ1v) is 14.4. The zero-order chi connectivity index (χ0) is 29.4. The molecule has 1 aromatic carbocycles. The number of rotatable bonds is 7. The van der Waals surface area contributed by atoms with Gasteiger partial charge in [-0.05, 0) is 72.2 Å². The number of nitro groups is 1. The lowest BCUT2D eigenvalue weighted by Crippen LogP contribution is -2.54. The van der Waals surface area contributed by atoms with Crippen molar-refractivity contribution in [3.05, 3.63) is 57.8 Å². The first kappa shape index (κ1) is 27.8. The summed E-state index contributed by atoms with van der Waals surface area (Å²) in [5, 5.41) is 13.1. The number of carbonyl (C=O) groups excluding carboxylic acids is 4. The largest absolute Gasteiger partial charge is 0.490 e. The number of fused-ring (bicyclic) bond motifs is 1. The second kappa shape index (κ2) is 11.5. The van der Waals surface area contributed by atoms with E-state index < -0.39 is 34.6 Å². The number of aromatic nitrogens is 1. The molecule has 0 saturated carbocycles. The van der Waals surface area contributed by atoms with Crippen LogP contribution in [-0.4, -0.2) is 88.2 Å². The maximum Gasteiger partial charge on any atom is 0.363 e. The summed E-state index contributed by atoms with van der Waals surface area (Å²) >= 11 is 0. The van der Waals surface area contributed by atoms with Crippen LogP contribution in [0, 0.1) is 16.0 Å². The summed E-state index contributed by atoms with van der Waals surface area (Å²) in [5.74, 6) is -1.14. The number of amides is 4. The first-order chi connectivity index (χ1) is 20.3. The lowest BCUT2D eigenvalue weighted by molar-refractivity contribution is -0.389. The molecule has 0 spiro atoms. The highest BCUT2D eigenvalue weighted by molar-refractivity contribution is 6.23. The molecule has 1 unspecified atom stereocenters. The zero-order valence-electron chi connectivity index (χ0n) is 23.1. The molecule has 42 heavy (non-hydrogen) atoms. The molecule has 4 aliphatic rings. The fourth-order valence-electron chi connectivity index (χ4n) is 6.34. The minimum Gasteiger partial charge on any atom is -0.490 e. The summed E-state index contributed by atoms with van der Waals surface area (Å²) in [4.78, 5) is 69.8. The predicted octanol–water partition coefficient (Wildman–Crippen LogP) is 2.15. The number of piperidine rings is 3. The molecule has 0 radical (unpaired) electrons. The number of anilines is 1. The summed E-state index contributed by atoms with van der Waals surface area (Å²) in [6, 6.07) is 7.07. The van der Waals surface area contributed by atoms with E-state index in [1.54, 1.807) is 30.5 Å². The van der Waals surface area contributed by atoms with Gasteiger partial charge >= 0.3 is 5.82 Å². The van der Waals surface area contributed by atoms with Gasteiger partial charge in [0, 0.05) is 45.2 Å². The zero-order valence-corrected chi connectivity index (χ0v) is 23.1. The van der Waals surface area contributed by atoms with Crippen molar-refractivity contribution in [2.75, 3.05) is 37.6 Å². The molecule has 4 aliphatic heterocycles. The summed E-state index contributed by atoms with van der Waals surface area (Å²) < 4.78 is 6.22. The van der Waals surface area contributed by atoms with Crippen LogP contribution in [0.2, 0.25) is 0 Å². The molecule has 3 fully saturated rings. The summed E-state index contributed by atoms with van der Waals surface area (Å²) in [6.07, 6.45) is 5.56. The fraction of sp³-hybridized carbons (Fsp3) is 0.483. The molecule has 6 rings (SSSR count). The van der Waals surface area contributed by atoms with Gasteiger partial charge < -0.3 is 24.7 Å². The van der Waals surface area contributed by atoms with Crippen LogP contribution in [0.25, 0.3) is 0 Å². The van der Waals surface area contributed by atoms with Crippen molar-refractivity contribution in [2.45, 2.75) is 50.7 Å². The van der Waals surface area contributed by atoms with Crippen LogP contribution >= 0.6 is 0 Å². The van der Waals surface area contributed by atoms with Crippen LogP contribution in [0.5, 0.6) is 5.75 Å². The van der Waals surface area contributed by atoms with Crippen molar-refractivity contribution in [3.63, 3.8) is 0 Å². The normalized spacial score (nSPS) is 22.3. The van der Waals surface area contributed by atoms with Gasteiger partial charge in [0.15, 0.2) is 6.20 Å². The molecule has 220 valence electrons. The van der Waals surface area contributed by atoms with E-state index in [-0.39, 0.29) is 35.9 Å². The Morgan fingerprint density at radius 1 is 0.929 bits per heavy atom. The Bertz CT molecular complexity index is 1410. The molecule has 0 bridgehead atoms. The number of pyridine rings is 1. The average molecular weight is 577 g/mol. The van der Waals surface area contributed by atoms with E-state index in [4.69, 9.17) is 4.74 Å². The van der Waals surface area contributed by atoms with Gasteiger partial charge in [-0.3, -0.25) is 29.4 Å². The Hall–Kier alpha value is -4.39. The molecule has 1 N–H and O–H groups in total. The molecular weight excluding hydrogens is 544 g/mol. The minimum atomic E-state index is -0.990. The molecule has 1 aromatic heterocycles. The summed E-state index contributed by atoms with van der Waals surface area (Å²) in [6.45, 7) is 4.62. The van der Waals surface area contributed by atoms with E-state index in [9.17, 15) is 29.3 Å². The fourth-order valence-corrected chi connectivity index (χ4v) is 6.34. The number of imide groups is 2. The van der Waals surface area contributed by atoms with Crippen molar-refractivity contribution in [1.29, 1.82) is 0 Å². The van der Waals surface area contributed by atoms with Gasteiger partial charge in [-0.25, -0.2) is 0 Å². The van der Waals surface area contributed by atoms with E-state index in [0.29, 0.717) is 11.7 Å². The molecule has 13 heteroatoms. The number of nitrogens with one attached hydrogen (secondary N) is 1. The van der Waals surface area contributed by atoms with Gasteiger partial charge in [0.2, 0.25) is 11.8 Å². The Balaban J connectivity index is 0.975. The molecule has 4 amide bonds. The van der Waals surface area contributed by atoms with Gasteiger partial charge in [0.05, 0.1) is 16.8 Å². The lowest BCUT2D eigenvalue weighted by Gasteiger charge is -2.38. The molecule has 3 saturated heterocycles. The molecule has 2 aromatic rings. The Morgan fingerprint density at radius 3 is 2.33 bits per heavy atom. The third-order valence-corrected chi connectivity index (χ3v) is 8.66. The Morgan fingerprint density at radius 2 is 1.67 bits per heavy atom. The van der Waals surface area contributed by atoms with E-state index in [1.165, 1.54) is 6.07 Å². The predicted molar refractivity (Wildman–Crippen MR) is 149 cm³/mol. The first-order valence-electron chi connectivity index (χ1n) is 14.4. The second-order valence-electron chi connectivity index (χ2n) is 11.3. The van der Waals surface area contributed by atoms with Crippen molar-refractivity contribution in [3.8, 4) is 5.75 Å². The van der Waals surface area contributed by atoms with Crippen molar-refractivity contribution < 1.29 is 28.8 Å². The maximum atomic E-state index is 13.1. The highest BCUT2D eigenvalue weighted by atomic mass is 16.6. The monoisotopic (exact) mass is 576 g/mol. The molecule has 5 heterocycles. The number of benzene rings is 1. The third kappa shape index (κ3) is 5.56. The van der Waals surface area contributed by atoms with Gasteiger partial charge in [0.25, 0.3) is 11.8 Å². The van der Waals surface area contributed by atoms with Gasteiger partial charge in [-0.1, -0.05) is 0 Å². The Labute approximate surface area is 241 Å². The highest BCUT2D eigenvalue weighted by Crippen LogP contribution is 2.32. The van der Waals surface area contributed by atoms with Crippen LogP contribution in [0.3, 0.4) is 0 Å². The van der Waals surface area contributed by atoms with E-state index in [2.05, 4.69) is 20.1 Å². The van der Waals surface area contributed by atoms with E-state index >= 15 is 0 Å². The van der Waals surface area contributed by atoms with Crippen molar-refractivity contribution in [1.82, 2.24) is 20.1 Å². The Kier molecular flexibility index (Phi) is 7.58. The quantitative estimate of drug-likeness (QED) is 0.294. The van der Waals surface area contributed by atoms with Crippen LogP contribution in [0.15, 0.2) is 36.5 Å². The van der Waals surface area contributed by atoms with Crippen molar-refractivity contribution >= 4 is 35.1 Å². The minimum absolute atomic E-state index is 0.00534. The molecule has 0 aliphatic carbocycles. The standard InChI is InChI=1S/C29H32N6O7/c36-26-6-4-24(27(37)31-26)34-28(38)22-3-2-21(15-23(22)29(34)39)42-20-9-11-32(12-10-20)17-18-7-13-33(14-8-18)19-1-5-25(30-16-19)35(40)41/h1-3,5,15-16,18,20,24H,4,6-14,17H2,(H,31,36,37). The highest BCUT2D eigenvalue weighted by Gasteiger charge is 2.44. The summed E-state index contributed by atoms with van der Waals surface area (Å²) in [7, 11) is 0. The number of nitrogens with zero attached hydrogens (tertiary/aromatic N) is 5. The SMILES string of the molecule is O=C1CCC(N2C(=O)c3ccc(OC4CCN(CC5CCN(c6ccc([N+](=O)[O-])nc6)CC5)CC4)cc3C2=O)C(=O)N1. The molecular formula is C29H32N6O7. The number of hydrogen-bond donors (Lipinski definition) is 1. The van der Waals surface area contributed by atoms with Crippen LogP contribution < -0.4 is 15.0 Å². The topological polar surface area (TPSA) is 155 Å². The maximum absolute atomic E-state index is 13.1. The van der Waals surface area contributed by atoms with Crippen molar-refractivity contribution in [2.24, 2.45) is 5.92 Å². The van der Waals surface area contributed by atoms with Crippen LogP contribution in [0.4, 0.5) is 11.5 Å². The van der Waals surface area contributed by atoms with Gasteiger partial charge in [-0.2, -0.15) is 0 Å². The van der Waals surface area contributed by atoms with Gasteiger partial charge in [-0.15, -0.1) is 0 Å². The summed E-state index contributed by atoms with van der Waals surface area (Å²) in [5.41, 5.74) is 1.37. The molecule has 1 atom stereocenters. The van der Waals surface area contributed by atoms with E-state index in [1.807, 2.05) is 0 Å². The number of carbonyl (C=O) groups is 4. The molecule has 13 nitrogen and oxygen atoms in total. The van der Waals surface area contributed by atoms with Gasteiger partial charge in [0.1, 0.15) is 17.9 Å². The lowest BCUT2D eigenvalue weighted by atomic mass is 9.94. The number of likely N-dealkylation sites (tertiary alicyclic amines) is 1. The third-order valence-electron chi connectivity index (χ3n) is 8.66. The van der Waals surface area contributed by atoms with Crippen LogP contribution in [-0.2, 0) is 9.59 Å². The van der Waals surface area contributed by atoms with Crippen LogP contribution in [0.1, 0.15) is 59.2 Å².